The summed E-state index contributed by atoms with van der Waals surface area (Å²) >= 11 is 0. The molecule has 0 amide bonds. The largest absolute Gasteiger partial charge is 0.481 e. The number of hydrogen-bond acceptors (Lipinski definition) is 4. The fraction of sp³-hybridized carbons (Fsp3) is 0.417. The van der Waals surface area contributed by atoms with Gasteiger partial charge < -0.3 is 20.4 Å². The molecular formula is C24H30N2O4. The first-order valence-electron chi connectivity index (χ1n) is 10.6. The quantitative estimate of drug-likeness (QED) is 0.697. The number of carbonyl (C=O) groups is 2. The second kappa shape index (κ2) is 10.8. The van der Waals surface area contributed by atoms with Crippen LogP contribution in [0.3, 0.4) is 0 Å². The molecule has 2 aromatic rings. The molecule has 1 unspecified atom stereocenters. The van der Waals surface area contributed by atoms with Crippen LogP contribution in [0, 0.1) is 0 Å². The third-order valence-corrected chi connectivity index (χ3v) is 5.67. The molecule has 160 valence electrons. The molecule has 0 aromatic heterocycles. The number of fused-ring (bicyclic) bond motifs is 1. The van der Waals surface area contributed by atoms with Gasteiger partial charge in [-0.2, -0.15) is 0 Å². The Labute approximate surface area is 177 Å². The summed E-state index contributed by atoms with van der Waals surface area (Å²) < 4.78 is 0. The van der Waals surface area contributed by atoms with Crippen LogP contribution >= 0.6 is 0 Å². The van der Waals surface area contributed by atoms with Crippen molar-refractivity contribution in [3.05, 3.63) is 65.2 Å². The molecular weight excluding hydrogens is 380 g/mol. The number of carboxylic acid groups (broad SMARTS) is 2. The van der Waals surface area contributed by atoms with E-state index in [0.29, 0.717) is 6.04 Å². The lowest BCUT2D eigenvalue weighted by Crippen LogP contribution is -2.24. The Kier molecular flexibility index (Phi) is 7.85. The van der Waals surface area contributed by atoms with Crippen LogP contribution in [0.5, 0.6) is 0 Å². The minimum absolute atomic E-state index is 0.296. The van der Waals surface area contributed by atoms with Crippen molar-refractivity contribution in [1.29, 1.82) is 0 Å². The van der Waals surface area contributed by atoms with E-state index in [-0.39, 0.29) is 12.8 Å². The molecule has 3 N–H and O–H groups in total. The highest BCUT2D eigenvalue weighted by molar-refractivity contribution is 5.75. The van der Waals surface area contributed by atoms with Gasteiger partial charge in [0.05, 0.1) is 18.9 Å². The Morgan fingerprint density at radius 2 is 1.63 bits per heavy atom. The van der Waals surface area contributed by atoms with E-state index in [1.54, 1.807) is 11.1 Å². The molecule has 0 radical (unpaired) electrons. The van der Waals surface area contributed by atoms with E-state index in [0.717, 1.165) is 25.9 Å². The molecule has 0 spiro atoms. The molecule has 1 saturated heterocycles. The summed E-state index contributed by atoms with van der Waals surface area (Å²) in [5, 5.41) is 19.3. The minimum atomic E-state index is -1.08. The lowest BCUT2D eigenvalue weighted by molar-refractivity contribution is -0.143. The SMILES string of the molecule is O=C(O)CCC(=O)O.c1ccc(C2CCCN2c2cccc3c2CCNCC3)cc1. The third-order valence-electron chi connectivity index (χ3n) is 5.67. The first kappa shape index (κ1) is 21.8. The van der Waals surface area contributed by atoms with Crippen molar-refractivity contribution in [1.82, 2.24) is 5.32 Å². The zero-order valence-electron chi connectivity index (χ0n) is 17.2. The molecule has 2 aromatic carbocycles. The van der Waals surface area contributed by atoms with Crippen molar-refractivity contribution in [3.63, 3.8) is 0 Å². The Morgan fingerprint density at radius 1 is 0.933 bits per heavy atom. The smallest absolute Gasteiger partial charge is 0.303 e. The molecule has 30 heavy (non-hydrogen) atoms. The molecule has 4 rings (SSSR count). The standard InChI is InChI=1S/C20H24N2.C4H6O4/c1-2-6-17(7-3-1)19-10-5-15-22(19)20-9-4-8-16-11-13-21-14-12-18(16)20;5-3(6)1-2-4(7)8/h1-4,6-9,19,21H,5,10-15H2;1-2H2,(H,5,6)(H,7,8). The molecule has 0 saturated carbocycles. The molecule has 0 aliphatic carbocycles. The van der Waals surface area contributed by atoms with E-state index in [4.69, 9.17) is 10.2 Å². The van der Waals surface area contributed by atoms with Gasteiger partial charge in [0.15, 0.2) is 0 Å². The van der Waals surface area contributed by atoms with Crippen molar-refractivity contribution in [2.24, 2.45) is 0 Å². The van der Waals surface area contributed by atoms with Gasteiger partial charge in [0.2, 0.25) is 0 Å². The fourth-order valence-corrected chi connectivity index (χ4v) is 4.27. The number of nitrogens with zero attached hydrogens (tertiary/aromatic N) is 1. The van der Waals surface area contributed by atoms with Crippen LogP contribution in [0.4, 0.5) is 5.69 Å². The second-order valence-corrected chi connectivity index (χ2v) is 7.71. The average Bonchev–Trinajstić information content (AvgIpc) is 3.11. The van der Waals surface area contributed by atoms with Crippen molar-refractivity contribution < 1.29 is 19.8 Å². The van der Waals surface area contributed by atoms with E-state index < -0.39 is 11.9 Å². The lowest BCUT2D eigenvalue weighted by atomic mass is 9.98. The Morgan fingerprint density at radius 3 is 2.33 bits per heavy atom. The van der Waals surface area contributed by atoms with Crippen LogP contribution in [-0.4, -0.2) is 41.8 Å². The normalized spacial score (nSPS) is 18.0. The lowest BCUT2D eigenvalue weighted by Gasteiger charge is -2.30. The van der Waals surface area contributed by atoms with Crippen LogP contribution in [0.15, 0.2) is 48.5 Å². The van der Waals surface area contributed by atoms with E-state index in [2.05, 4.69) is 58.7 Å². The maximum absolute atomic E-state index is 9.64. The average molecular weight is 411 g/mol. The summed E-state index contributed by atoms with van der Waals surface area (Å²) in [5.74, 6) is -2.15. The first-order chi connectivity index (χ1) is 14.6. The molecule has 1 fully saturated rings. The van der Waals surface area contributed by atoms with Gasteiger partial charge in [-0.15, -0.1) is 0 Å². The second-order valence-electron chi connectivity index (χ2n) is 7.71. The predicted molar refractivity (Wildman–Crippen MR) is 117 cm³/mol. The zero-order valence-corrected chi connectivity index (χ0v) is 17.2. The van der Waals surface area contributed by atoms with Gasteiger partial charge in [-0.25, -0.2) is 0 Å². The Hall–Kier alpha value is -2.86. The van der Waals surface area contributed by atoms with E-state index in [9.17, 15) is 9.59 Å². The summed E-state index contributed by atoms with van der Waals surface area (Å²) in [6.45, 7) is 3.40. The number of aliphatic carboxylic acids is 2. The monoisotopic (exact) mass is 410 g/mol. The van der Waals surface area contributed by atoms with Crippen molar-refractivity contribution in [2.75, 3.05) is 24.5 Å². The zero-order chi connectivity index (χ0) is 21.3. The van der Waals surface area contributed by atoms with Gasteiger partial charge in [0.1, 0.15) is 0 Å². The maximum atomic E-state index is 9.64. The van der Waals surface area contributed by atoms with Crippen molar-refractivity contribution in [3.8, 4) is 0 Å². The molecule has 6 nitrogen and oxygen atoms in total. The number of carboxylic acids is 2. The highest BCUT2D eigenvalue weighted by Crippen LogP contribution is 2.38. The third kappa shape index (κ3) is 5.83. The van der Waals surface area contributed by atoms with Crippen LogP contribution in [0.2, 0.25) is 0 Å². The van der Waals surface area contributed by atoms with Gasteiger partial charge in [0, 0.05) is 12.2 Å². The maximum Gasteiger partial charge on any atom is 0.303 e. The predicted octanol–water partition coefficient (Wildman–Crippen LogP) is 3.65. The van der Waals surface area contributed by atoms with Gasteiger partial charge in [-0.1, -0.05) is 42.5 Å². The minimum Gasteiger partial charge on any atom is -0.481 e. The van der Waals surface area contributed by atoms with Crippen molar-refractivity contribution in [2.45, 2.75) is 44.6 Å². The summed E-state index contributed by atoms with van der Waals surface area (Å²) in [6, 6.07) is 18.5. The summed E-state index contributed by atoms with van der Waals surface area (Å²) in [5.41, 5.74) is 6.06. The summed E-state index contributed by atoms with van der Waals surface area (Å²) in [6.07, 6.45) is 4.29. The van der Waals surface area contributed by atoms with Gasteiger partial charge in [-0.3, -0.25) is 9.59 Å². The number of hydrogen-bond donors (Lipinski definition) is 3. The molecule has 6 heteroatoms. The molecule has 2 aliphatic heterocycles. The van der Waals surface area contributed by atoms with E-state index in [1.807, 2.05) is 0 Å². The number of rotatable bonds is 5. The van der Waals surface area contributed by atoms with E-state index in [1.165, 1.54) is 30.6 Å². The highest BCUT2D eigenvalue weighted by Gasteiger charge is 2.28. The van der Waals surface area contributed by atoms with Crippen LogP contribution in [0.25, 0.3) is 0 Å². The topological polar surface area (TPSA) is 89.9 Å². The van der Waals surface area contributed by atoms with Gasteiger partial charge in [-0.05, 0) is 61.5 Å². The number of benzene rings is 2. The molecule has 2 aliphatic rings. The summed E-state index contributed by atoms with van der Waals surface area (Å²) in [4.78, 5) is 21.9. The highest BCUT2D eigenvalue weighted by atomic mass is 16.4. The Balaban J connectivity index is 0.000000275. The number of anilines is 1. The van der Waals surface area contributed by atoms with Gasteiger partial charge >= 0.3 is 11.9 Å². The van der Waals surface area contributed by atoms with Gasteiger partial charge in [0.25, 0.3) is 0 Å². The van der Waals surface area contributed by atoms with E-state index >= 15 is 0 Å². The first-order valence-corrected chi connectivity index (χ1v) is 10.6. The Bertz CT molecular complexity index is 840. The molecule has 1 atom stereocenters. The summed E-state index contributed by atoms with van der Waals surface area (Å²) in [7, 11) is 0. The molecule has 0 bridgehead atoms. The number of nitrogens with one attached hydrogen (secondary N) is 1. The van der Waals surface area contributed by atoms with Crippen molar-refractivity contribution >= 4 is 17.6 Å². The van der Waals surface area contributed by atoms with Crippen LogP contribution in [0.1, 0.15) is 48.4 Å². The fourth-order valence-electron chi connectivity index (χ4n) is 4.27. The van der Waals surface area contributed by atoms with Crippen LogP contribution in [-0.2, 0) is 22.4 Å². The molecule has 2 heterocycles. The van der Waals surface area contributed by atoms with Crippen LogP contribution < -0.4 is 10.2 Å².